The molecule has 3 saturated heterocycles. The number of hydrogen-bond acceptors (Lipinski definition) is 10. The van der Waals surface area contributed by atoms with Crippen LogP contribution in [-0.2, 0) is 19.1 Å². The number of aryl methyl sites for hydroxylation is 2. The number of rotatable bonds is 9. The van der Waals surface area contributed by atoms with E-state index in [2.05, 4.69) is 74.1 Å². The van der Waals surface area contributed by atoms with Crippen LogP contribution in [0.4, 0.5) is 4.39 Å². The third kappa shape index (κ3) is 7.41. The number of aromatic nitrogens is 5. The summed E-state index contributed by atoms with van der Waals surface area (Å²) in [4.78, 5) is 43.6. The molecule has 0 saturated carbocycles. The molecule has 60 heavy (non-hydrogen) atoms. The molecule has 3 fully saturated rings. The quantitative estimate of drug-likeness (QED) is 0.107. The number of likely N-dealkylation sites (N-methyl/N-ethyl adjacent to an activating group) is 1. The third-order valence-corrected chi connectivity index (χ3v) is 13.7. The second-order valence-corrected chi connectivity index (χ2v) is 17.4. The first-order valence-corrected chi connectivity index (χ1v) is 21.7. The van der Waals surface area contributed by atoms with Gasteiger partial charge in [-0.3, -0.25) is 14.2 Å². The summed E-state index contributed by atoms with van der Waals surface area (Å²) in [5.74, 6) is 2.13. The van der Waals surface area contributed by atoms with Crippen molar-refractivity contribution in [1.29, 1.82) is 0 Å². The number of amides is 1. The van der Waals surface area contributed by atoms with Gasteiger partial charge in [0.1, 0.15) is 23.2 Å². The van der Waals surface area contributed by atoms with Crippen LogP contribution in [-0.4, -0.2) is 88.3 Å². The molecule has 0 aliphatic carbocycles. The molecule has 314 valence electrons. The molecule has 4 atom stereocenters. The highest BCUT2D eigenvalue weighted by Gasteiger charge is 2.39. The van der Waals surface area contributed by atoms with Gasteiger partial charge in [0.25, 0.3) is 6.47 Å². The topological polar surface area (TPSA) is 151 Å². The van der Waals surface area contributed by atoms with Crippen LogP contribution >= 0.6 is 11.3 Å². The Hall–Kier alpha value is -5.35. The van der Waals surface area contributed by atoms with E-state index in [0.717, 1.165) is 83.6 Å². The van der Waals surface area contributed by atoms with Crippen molar-refractivity contribution in [2.45, 2.75) is 76.7 Å². The minimum atomic E-state index is -0.480. The number of fused-ring (bicyclic) bond motifs is 5. The minimum absolute atomic E-state index is 0.108. The van der Waals surface area contributed by atoms with Gasteiger partial charge in [0.15, 0.2) is 0 Å². The summed E-state index contributed by atoms with van der Waals surface area (Å²) >= 11 is 1.71. The number of imidazole rings is 2. The summed E-state index contributed by atoms with van der Waals surface area (Å²) < 4.78 is 35.1. The van der Waals surface area contributed by atoms with Crippen molar-refractivity contribution < 1.29 is 28.2 Å². The molecule has 0 spiro atoms. The van der Waals surface area contributed by atoms with Gasteiger partial charge in [0.2, 0.25) is 12.1 Å². The molecule has 15 heteroatoms. The number of hydrogen-bond donors (Lipinski definition) is 4. The number of thiophene rings is 1. The average Bonchev–Trinajstić information content (AvgIpc) is 4.13. The van der Waals surface area contributed by atoms with Gasteiger partial charge < -0.3 is 39.7 Å². The Morgan fingerprint density at radius 3 is 2.48 bits per heavy atom. The number of carbonyl (C=O) groups is 2. The number of H-pyrrole nitrogens is 2. The lowest BCUT2D eigenvalue weighted by molar-refractivity contribution is -0.136. The largest absolute Gasteiger partial charge is 0.471 e. The Morgan fingerprint density at radius 1 is 1.00 bits per heavy atom. The number of methoxy groups -OCH3 is 1. The molecule has 4 aromatic heterocycles. The van der Waals surface area contributed by atoms with E-state index in [1.54, 1.807) is 23.6 Å². The summed E-state index contributed by atoms with van der Waals surface area (Å²) in [7, 11) is 3.18. The Labute approximate surface area is 352 Å². The fourth-order valence-corrected chi connectivity index (χ4v) is 10.4. The third-order valence-electron chi connectivity index (χ3n) is 12.5. The van der Waals surface area contributed by atoms with Crippen LogP contribution < -0.4 is 15.4 Å². The standard InChI is InChI=1S/C43H47FN8O3S.C2H4O2/c1-23-16-37(56-24(23)2)43-52-33-9-8-26(31-21-47-40(49-31)30-6-4-12-46-30)17-28(33)19-35(52)38-29(44)18-27(20-36(38)55-43)32-22-48-41(50-32)34-7-5-13-51(34)42(53)39(45-3)25-10-14-54-15-11-25;1-4-2-3/h8-9,16-22,25,30,34,39,43,45-46H,4-7,10-15H2,1-3H3,(H,47,49)(H,48,50);2H,1H3/t30?,34-,39?,43?;/m0./s1. The van der Waals surface area contributed by atoms with Gasteiger partial charge in [-0.2, -0.15) is 0 Å². The lowest BCUT2D eigenvalue weighted by Crippen LogP contribution is -2.50. The smallest absolute Gasteiger partial charge is 0.292 e. The molecule has 8 heterocycles. The van der Waals surface area contributed by atoms with Crippen LogP contribution in [0.15, 0.2) is 54.9 Å². The lowest BCUT2D eigenvalue weighted by atomic mass is 9.90. The Bertz CT molecular complexity index is 2490. The van der Waals surface area contributed by atoms with E-state index in [0.29, 0.717) is 54.6 Å². The first-order valence-electron chi connectivity index (χ1n) is 20.8. The Kier molecular flexibility index (Phi) is 11.3. The first kappa shape index (κ1) is 40.1. The van der Waals surface area contributed by atoms with Crippen LogP contribution in [0.2, 0.25) is 0 Å². The van der Waals surface area contributed by atoms with Gasteiger partial charge in [-0.05, 0) is 114 Å². The van der Waals surface area contributed by atoms with Crippen molar-refractivity contribution in [1.82, 2.24) is 40.0 Å². The molecule has 10 rings (SSSR count). The van der Waals surface area contributed by atoms with E-state index in [-0.39, 0.29) is 35.8 Å². The predicted octanol–water partition coefficient (Wildman–Crippen LogP) is 7.74. The number of benzene rings is 2. The average molecular weight is 835 g/mol. The van der Waals surface area contributed by atoms with E-state index >= 15 is 4.39 Å². The number of ether oxygens (including phenoxy) is 3. The van der Waals surface area contributed by atoms with E-state index in [4.69, 9.17) is 24.2 Å². The molecule has 2 aromatic carbocycles. The fraction of sp³-hybridized carbons (Fsp3) is 0.422. The van der Waals surface area contributed by atoms with Crippen molar-refractivity contribution in [3.63, 3.8) is 0 Å². The molecule has 3 unspecified atom stereocenters. The van der Waals surface area contributed by atoms with Crippen LogP contribution in [0.1, 0.15) is 83.8 Å². The number of carbonyl (C=O) groups excluding carboxylic acids is 2. The zero-order valence-corrected chi connectivity index (χ0v) is 35.2. The lowest BCUT2D eigenvalue weighted by Gasteiger charge is -2.33. The highest BCUT2D eigenvalue weighted by atomic mass is 32.1. The Balaban J connectivity index is 0.00000111. The molecule has 0 radical (unpaired) electrons. The maximum atomic E-state index is 16.7. The van der Waals surface area contributed by atoms with Gasteiger partial charge in [0, 0.05) is 41.1 Å². The number of likely N-dealkylation sites (tertiary alicyclic amines) is 1. The number of nitrogens with zero attached hydrogens (tertiary/aromatic N) is 4. The normalized spacial score (nSPS) is 20.6. The van der Waals surface area contributed by atoms with Gasteiger partial charge in [-0.15, -0.1) is 11.3 Å². The highest BCUT2D eigenvalue weighted by Crippen LogP contribution is 2.48. The number of aromatic amines is 2. The van der Waals surface area contributed by atoms with Crippen molar-refractivity contribution in [2.24, 2.45) is 5.92 Å². The maximum absolute atomic E-state index is 16.7. The van der Waals surface area contributed by atoms with Crippen molar-refractivity contribution >= 4 is 34.6 Å². The monoisotopic (exact) mass is 834 g/mol. The SMILES string of the molecule is CNC(C(=O)N1CCC[C@H]1c1ncc(-c2cc(F)c3c(c2)OC(c2cc(C)c(C)s2)n2c-3cc3cc(-c4cnc(C5CCCN5)[nH]4)ccc32)[nH]1)C1CCOCC1.COC=O. The molecule has 4 aliphatic heterocycles. The van der Waals surface area contributed by atoms with E-state index in [1.165, 1.54) is 17.6 Å². The van der Waals surface area contributed by atoms with Gasteiger partial charge in [-0.25, -0.2) is 14.4 Å². The van der Waals surface area contributed by atoms with E-state index in [9.17, 15) is 4.79 Å². The maximum Gasteiger partial charge on any atom is 0.292 e. The van der Waals surface area contributed by atoms with Crippen LogP contribution in [0.3, 0.4) is 0 Å². The molecule has 6 aromatic rings. The molecule has 13 nitrogen and oxygen atoms in total. The molecular formula is C45H51FN8O5S. The van der Waals surface area contributed by atoms with Crippen LogP contribution in [0.25, 0.3) is 44.7 Å². The van der Waals surface area contributed by atoms with Crippen LogP contribution in [0, 0.1) is 25.6 Å². The summed E-state index contributed by atoms with van der Waals surface area (Å²) in [6, 6.07) is 13.9. The van der Waals surface area contributed by atoms with E-state index < -0.39 is 6.23 Å². The highest BCUT2D eigenvalue weighted by molar-refractivity contribution is 7.12. The van der Waals surface area contributed by atoms with Crippen molar-refractivity contribution in [3.05, 3.63) is 87.6 Å². The molecule has 1 amide bonds. The van der Waals surface area contributed by atoms with Gasteiger partial charge >= 0.3 is 0 Å². The number of halogens is 1. The minimum Gasteiger partial charge on any atom is -0.471 e. The molecule has 0 bridgehead atoms. The summed E-state index contributed by atoms with van der Waals surface area (Å²) in [6.45, 7) is 7.67. The van der Waals surface area contributed by atoms with E-state index in [1.807, 2.05) is 24.2 Å². The summed E-state index contributed by atoms with van der Waals surface area (Å²) in [5.41, 5.74) is 6.67. The molecule has 4 N–H and O–H groups in total. The molecular weight excluding hydrogens is 784 g/mol. The molecule has 4 aliphatic rings. The predicted molar refractivity (Wildman–Crippen MR) is 228 cm³/mol. The second kappa shape index (κ2) is 17.0. The van der Waals surface area contributed by atoms with Gasteiger partial charge in [-0.1, -0.05) is 6.07 Å². The van der Waals surface area contributed by atoms with Gasteiger partial charge in [0.05, 0.1) is 70.7 Å². The second-order valence-electron chi connectivity index (χ2n) is 16.1. The zero-order chi connectivity index (χ0) is 41.5. The zero-order valence-electron chi connectivity index (χ0n) is 34.3. The fourth-order valence-electron chi connectivity index (χ4n) is 9.34. The first-order chi connectivity index (χ1) is 29.3. The Morgan fingerprint density at radius 2 is 1.77 bits per heavy atom. The van der Waals surface area contributed by atoms with Crippen molar-refractivity contribution in [2.75, 3.05) is 40.5 Å². The van der Waals surface area contributed by atoms with Crippen LogP contribution in [0.5, 0.6) is 5.75 Å². The summed E-state index contributed by atoms with van der Waals surface area (Å²) in [6.07, 6.45) is 8.84. The number of nitrogens with one attached hydrogen (secondary N) is 4. The summed E-state index contributed by atoms with van der Waals surface area (Å²) in [5, 5.41) is 7.82. The van der Waals surface area contributed by atoms with Crippen molar-refractivity contribution in [3.8, 4) is 39.5 Å².